The number of fused-ring (bicyclic) bond motifs is 3. The van der Waals surface area contributed by atoms with Crippen molar-refractivity contribution >= 4 is 28.0 Å². The van der Waals surface area contributed by atoms with Crippen molar-refractivity contribution in [1.82, 2.24) is 24.8 Å². The maximum absolute atomic E-state index is 11.4. The minimum absolute atomic E-state index is 0.0494. The van der Waals surface area contributed by atoms with Crippen molar-refractivity contribution in [1.29, 1.82) is 0 Å². The molecular weight excluding hydrogens is 230 g/mol. The van der Waals surface area contributed by atoms with Gasteiger partial charge in [-0.25, -0.2) is 9.97 Å². The smallest absolute Gasteiger partial charge is 0.227 e. The summed E-state index contributed by atoms with van der Waals surface area (Å²) in [6.07, 6.45) is 3.84. The summed E-state index contributed by atoms with van der Waals surface area (Å²) in [5.41, 5.74) is 2.64. The Balaban J connectivity index is 2.23. The van der Waals surface area contributed by atoms with Crippen molar-refractivity contribution in [3.63, 3.8) is 0 Å². The maximum Gasteiger partial charge on any atom is 0.227 e. The van der Waals surface area contributed by atoms with Crippen molar-refractivity contribution in [2.45, 2.75) is 6.42 Å². The number of aryl methyl sites for hydroxylation is 1. The van der Waals surface area contributed by atoms with Crippen LogP contribution in [0.1, 0.15) is 5.82 Å². The van der Waals surface area contributed by atoms with Gasteiger partial charge in [-0.05, 0) is 6.07 Å². The van der Waals surface area contributed by atoms with Crippen LogP contribution >= 0.6 is 0 Å². The number of nitrogens with one attached hydrogen (secondary N) is 2. The van der Waals surface area contributed by atoms with E-state index in [-0.39, 0.29) is 12.3 Å². The first-order valence-electron chi connectivity index (χ1n) is 5.68. The first-order valence-corrected chi connectivity index (χ1v) is 5.68. The average molecular weight is 243 g/mol. The summed E-state index contributed by atoms with van der Waals surface area (Å²) >= 11 is 0. The first-order chi connectivity index (χ1) is 8.70. The Morgan fingerprint density at radius 2 is 2.39 bits per heavy atom. The number of aromatic nitrogens is 4. The number of H-pyrrole nitrogens is 1. The van der Waals surface area contributed by atoms with E-state index >= 15 is 0 Å². The van der Waals surface area contributed by atoms with Crippen molar-refractivity contribution in [3.05, 3.63) is 24.3 Å². The van der Waals surface area contributed by atoms with Gasteiger partial charge in [-0.1, -0.05) is 0 Å². The molecule has 2 N–H and O–H groups in total. The predicted octanol–water partition coefficient (Wildman–Crippen LogP) is 0.738. The van der Waals surface area contributed by atoms with E-state index in [1.807, 2.05) is 23.9 Å². The quantitative estimate of drug-likeness (QED) is 0.697. The molecule has 0 bridgehead atoms. The normalized spacial score (nSPS) is 11.2. The highest BCUT2D eigenvalue weighted by atomic mass is 16.1. The minimum atomic E-state index is -0.0494. The second kappa shape index (κ2) is 3.83. The minimum Gasteiger partial charge on any atom is -0.359 e. The Kier molecular flexibility index (Phi) is 2.29. The highest BCUT2D eigenvalue weighted by Gasteiger charge is 2.14. The molecule has 0 atom stereocenters. The molecule has 0 saturated carbocycles. The number of aromatic amines is 1. The van der Waals surface area contributed by atoms with Crippen LogP contribution in [0.5, 0.6) is 0 Å². The molecule has 3 aromatic rings. The van der Waals surface area contributed by atoms with E-state index < -0.39 is 0 Å². The topological polar surface area (TPSA) is 75.6 Å². The summed E-state index contributed by atoms with van der Waals surface area (Å²) in [7, 11) is 3.54. The van der Waals surface area contributed by atoms with Crippen LogP contribution in [0.15, 0.2) is 18.5 Å². The Hall–Kier alpha value is -2.37. The van der Waals surface area contributed by atoms with Gasteiger partial charge in [0.2, 0.25) is 5.91 Å². The highest BCUT2D eigenvalue weighted by molar-refractivity contribution is 6.01. The van der Waals surface area contributed by atoms with E-state index in [1.165, 1.54) is 0 Å². The lowest BCUT2D eigenvalue weighted by Crippen LogP contribution is -2.21. The van der Waals surface area contributed by atoms with Crippen molar-refractivity contribution in [2.24, 2.45) is 7.05 Å². The first kappa shape index (κ1) is 10.8. The Morgan fingerprint density at radius 3 is 3.17 bits per heavy atom. The number of hydrogen-bond acceptors (Lipinski definition) is 3. The molecule has 1 amide bonds. The van der Waals surface area contributed by atoms with Gasteiger partial charge in [-0.2, -0.15) is 0 Å². The molecule has 0 fully saturated rings. The zero-order valence-corrected chi connectivity index (χ0v) is 10.2. The summed E-state index contributed by atoms with van der Waals surface area (Å²) in [4.78, 5) is 23.3. The second-order valence-electron chi connectivity index (χ2n) is 4.17. The van der Waals surface area contributed by atoms with E-state index in [2.05, 4.69) is 20.3 Å². The summed E-state index contributed by atoms with van der Waals surface area (Å²) in [5.74, 6) is 0.687. The number of hydrogen-bond donors (Lipinski definition) is 2. The molecule has 18 heavy (non-hydrogen) atoms. The van der Waals surface area contributed by atoms with Crippen LogP contribution in [0.25, 0.3) is 22.1 Å². The van der Waals surface area contributed by atoms with Crippen LogP contribution in [0.2, 0.25) is 0 Å². The van der Waals surface area contributed by atoms with Gasteiger partial charge in [0.25, 0.3) is 0 Å². The molecule has 3 heterocycles. The van der Waals surface area contributed by atoms with Gasteiger partial charge in [0.05, 0.1) is 18.1 Å². The fraction of sp³-hybridized carbons (Fsp3) is 0.250. The van der Waals surface area contributed by atoms with Gasteiger partial charge in [-0.3, -0.25) is 4.79 Å². The number of imidazole rings is 1. The largest absolute Gasteiger partial charge is 0.359 e. The van der Waals surface area contributed by atoms with Crippen molar-refractivity contribution in [2.75, 3.05) is 7.05 Å². The van der Waals surface area contributed by atoms with E-state index in [4.69, 9.17) is 0 Å². The molecule has 0 radical (unpaired) electrons. The van der Waals surface area contributed by atoms with Crippen LogP contribution < -0.4 is 5.32 Å². The third-order valence-corrected chi connectivity index (χ3v) is 3.11. The lowest BCUT2D eigenvalue weighted by Gasteiger charge is -2.01. The Bertz CT molecular complexity index is 739. The number of amides is 1. The number of pyridine rings is 1. The van der Waals surface area contributed by atoms with Crippen LogP contribution in [0, 0.1) is 0 Å². The van der Waals surface area contributed by atoms with Crippen LogP contribution in [-0.4, -0.2) is 32.5 Å². The molecule has 3 aromatic heterocycles. The fourth-order valence-corrected chi connectivity index (χ4v) is 2.15. The molecule has 0 aliphatic heterocycles. The van der Waals surface area contributed by atoms with E-state index in [0.717, 1.165) is 27.9 Å². The van der Waals surface area contributed by atoms with Gasteiger partial charge in [0.15, 0.2) is 0 Å². The molecule has 0 aliphatic rings. The van der Waals surface area contributed by atoms with E-state index in [9.17, 15) is 4.79 Å². The van der Waals surface area contributed by atoms with Gasteiger partial charge < -0.3 is 14.9 Å². The third-order valence-electron chi connectivity index (χ3n) is 3.11. The number of carbonyl (C=O) groups excluding carboxylic acids is 1. The van der Waals surface area contributed by atoms with Crippen LogP contribution in [0.3, 0.4) is 0 Å². The van der Waals surface area contributed by atoms with E-state index in [0.29, 0.717) is 0 Å². The molecule has 0 aliphatic carbocycles. The Labute approximate surface area is 103 Å². The van der Waals surface area contributed by atoms with Gasteiger partial charge in [0.1, 0.15) is 17.0 Å². The number of nitrogens with zero attached hydrogens (tertiary/aromatic N) is 3. The molecule has 0 unspecified atom stereocenters. The average Bonchev–Trinajstić information content (AvgIpc) is 2.94. The monoisotopic (exact) mass is 243 g/mol. The zero-order chi connectivity index (χ0) is 12.7. The fourth-order valence-electron chi connectivity index (χ4n) is 2.15. The summed E-state index contributed by atoms with van der Waals surface area (Å²) in [6.45, 7) is 0. The lowest BCUT2D eigenvalue weighted by molar-refractivity contribution is -0.120. The SMILES string of the molecule is CNC(=O)Cc1nc2cnc3[nH]ccc3c2n1C. The van der Waals surface area contributed by atoms with E-state index in [1.54, 1.807) is 13.2 Å². The molecular formula is C12H13N5O. The third kappa shape index (κ3) is 1.46. The summed E-state index contributed by atoms with van der Waals surface area (Å²) in [6, 6.07) is 1.97. The number of rotatable bonds is 2. The van der Waals surface area contributed by atoms with Gasteiger partial charge in [-0.15, -0.1) is 0 Å². The standard InChI is InChI=1S/C12H13N5O/c1-13-10(18)5-9-16-8-6-15-12-7(3-4-14-12)11(8)17(9)2/h3-4,6H,5H2,1-2H3,(H,13,18)(H,14,15). The number of carbonyl (C=O) groups is 1. The maximum atomic E-state index is 11.4. The molecule has 6 nitrogen and oxygen atoms in total. The van der Waals surface area contributed by atoms with Gasteiger partial charge >= 0.3 is 0 Å². The van der Waals surface area contributed by atoms with Crippen LogP contribution in [-0.2, 0) is 18.3 Å². The number of likely N-dealkylation sites (N-methyl/N-ethyl adjacent to an activating group) is 1. The second-order valence-corrected chi connectivity index (χ2v) is 4.17. The highest BCUT2D eigenvalue weighted by Crippen LogP contribution is 2.23. The summed E-state index contributed by atoms with van der Waals surface area (Å²) < 4.78 is 1.95. The molecule has 0 saturated heterocycles. The summed E-state index contributed by atoms with van der Waals surface area (Å²) in [5, 5.41) is 3.62. The molecule has 6 heteroatoms. The molecule has 92 valence electrons. The molecule has 0 spiro atoms. The zero-order valence-electron chi connectivity index (χ0n) is 10.2. The van der Waals surface area contributed by atoms with Crippen molar-refractivity contribution < 1.29 is 4.79 Å². The predicted molar refractivity (Wildman–Crippen MR) is 68.1 cm³/mol. The lowest BCUT2D eigenvalue weighted by atomic mass is 10.3. The van der Waals surface area contributed by atoms with Gasteiger partial charge in [0, 0.05) is 25.7 Å². The molecule has 3 rings (SSSR count). The van der Waals surface area contributed by atoms with Crippen molar-refractivity contribution in [3.8, 4) is 0 Å². The Morgan fingerprint density at radius 1 is 1.56 bits per heavy atom. The molecule has 0 aromatic carbocycles. The van der Waals surface area contributed by atoms with Crippen LogP contribution in [0.4, 0.5) is 0 Å².